The molecule has 0 saturated heterocycles. The van der Waals surface area contributed by atoms with E-state index in [4.69, 9.17) is 0 Å². The summed E-state index contributed by atoms with van der Waals surface area (Å²) in [5.74, 6) is 0.877. The van der Waals surface area contributed by atoms with E-state index in [2.05, 4.69) is 59.7 Å². The summed E-state index contributed by atoms with van der Waals surface area (Å²) in [7, 11) is 1.98. The van der Waals surface area contributed by atoms with E-state index in [-0.39, 0.29) is 0 Å². The van der Waals surface area contributed by atoms with Crippen LogP contribution in [0.2, 0.25) is 0 Å². The van der Waals surface area contributed by atoms with Crippen molar-refractivity contribution in [2.45, 2.75) is 23.8 Å². The first-order valence-electron chi connectivity index (χ1n) is 6.91. The summed E-state index contributed by atoms with van der Waals surface area (Å²) < 4.78 is 0. The second-order valence-electron chi connectivity index (χ2n) is 5.35. The van der Waals surface area contributed by atoms with Crippen molar-refractivity contribution in [3.05, 3.63) is 42.0 Å². The predicted molar refractivity (Wildman–Crippen MR) is 84.9 cm³/mol. The Morgan fingerprint density at radius 1 is 1.32 bits per heavy atom. The molecule has 3 heteroatoms. The van der Waals surface area contributed by atoms with Gasteiger partial charge in [-0.1, -0.05) is 18.2 Å². The number of thiol groups is 1. The van der Waals surface area contributed by atoms with Crippen molar-refractivity contribution in [1.82, 2.24) is 5.32 Å². The summed E-state index contributed by atoms with van der Waals surface area (Å²) in [6, 6.07) is 6.68. The molecule has 1 aromatic carbocycles. The smallest absolute Gasteiger partial charge is 0.0445 e. The van der Waals surface area contributed by atoms with Crippen LogP contribution < -0.4 is 10.6 Å². The van der Waals surface area contributed by atoms with Crippen LogP contribution in [-0.4, -0.2) is 19.6 Å². The number of benzene rings is 1. The van der Waals surface area contributed by atoms with Gasteiger partial charge >= 0.3 is 0 Å². The molecule has 1 saturated carbocycles. The number of anilines is 1. The molecule has 1 fully saturated rings. The third kappa shape index (κ3) is 3.04. The van der Waals surface area contributed by atoms with E-state index in [1.165, 1.54) is 29.7 Å². The second kappa shape index (κ2) is 5.43. The lowest BCUT2D eigenvalue weighted by atomic mass is 10.0. The first-order valence-corrected chi connectivity index (χ1v) is 7.35. The molecular weight excluding hydrogens is 252 g/mol. The van der Waals surface area contributed by atoms with Crippen molar-refractivity contribution >= 4 is 23.9 Å². The Balaban J connectivity index is 1.85. The highest BCUT2D eigenvalue weighted by atomic mass is 32.1. The molecule has 3 rings (SSSR count). The maximum Gasteiger partial charge on any atom is 0.0445 e. The average molecular weight is 272 g/mol. The van der Waals surface area contributed by atoms with Gasteiger partial charge in [-0.25, -0.2) is 0 Å². The fraction of sp³-hybridized carbons (Fsp3) is 0.375. The number of likely N-dealkylation sites (N-methyl/N-ethyl adjacent to an activating group) is 1. The molecular formula is C16H20N2S. The van der Waals surface area contributed by atoms with Crippen LogP contribution in [0.3, 0.4) is 0 Å². The van der Waals surface area contributed by atoms with Gasteiger partial charge in [-0.3, -0.25) is 0 Å². The van der Waals surface area contributed by atoms with Gasteiger partial charge in [0, 0.05) is 28.7 Å². The van der Waals surface area contributed by atoms with E-state index in [1.807, 2.05) is 7.05 Å². The van der Waals surface area contributed by atoms with Crippen LogP contribution in [0, 0.1) is 5.92 Å². The van der Waals surface area contributed by atoms with Gasteiger partial charge in [0.25, 0.3) is 0 Å². The van der Waals surface area contributed by atoms with Crippen molar-refractivity contribution in [2.75, 3.05) is 18.9 Å². The molecule has 100 valence electrons. The number of allylic oxidation sites excluding steroid dienone is 2. The van der Waals surface area contributed by atoms with Gasteiger partial charge in [-0.15, -0.1) is 12.6 Å². The standard InChI is InChI=1S/C16H20N2S/c1-17-13-5-4-12(8-13)15-9-14(19)6-7-16(15)18-10-11-2-3-11/h4-9,11,13,17-19H,2-3,10H2,1H3. The largest absolute Gasteiger partial charge is 0.384 e. The van der Waals surface area contributed by atoms with Gasteiger partial charge in [-0.2, -0.15) is 0 Å². The Morgan fingerprint density at radius 2 is 2.16 bits per heavy atom. The lowest BCUT2D eigenvalue weighted by Crippen LogP contribution is -2.17. The minimum atomic E-state index is 0.342. The highest BCUT2D eigenvalue weighted by Crippen LogP contribution is 2.33. The van der Waals surface area contributed by atoms with Crippen LogP contribution in [0.15, 0.2) is 41.3 Å². The fourth-order valence-electron chi connectivity index (χ4n) is 2.37. The summed E-state index contributed by atoms with van der Waals surface area (Å²) >= 11 is 4.47. The molecule has 0 spiro atoms. The minimum absolute atomic E-state index is 0.342. The molecule has 1 atom stereocenters. The highest BCUT2D eigenvalue weighted by molar-refractivity contribution is 7.80. The summed E-state index contributed by atoms with van der Waals surface area (Å²) in [6.45, 7) is 1.09. The third-order valence-electron chi connectivity index (χ3n) is 3.77. The van der Waals surface area contributed by atoms with Crippen molar-refractivity contribution in [1.29, 1.82) is 0 Å². The fourth-order valence-corrected chi connectivity index (χ4v) is 2.58. The molecule has 2 nitrogen and oxygen atoms in total. The summed E-state index contributed by atoms with van der Waals surface area (Å²) in [4.78, 5) is 1.01. The van der Waals surface area contributed by atoms with Crippen molar-refractivity contribution in [3.8, 4) is 0 Å². The zero-order valence-electron chi connectivity index (χ0n) is 11.2. The van der Waals surface area contributed by atoms with E-state index in [9.17, 15) is 0 Å². The van der Waals surface area contributed by atoms with Crippen LogP contribution in [-0.2, 0) is 0 Å². The molecule has 0 bridgehead atoms. The Hall–Kier alpha value is -1.19. The van der Waals surface area contributed by atoms with Crippen molar-refractivity contribution in [3.63, 3.8) is 0 Å². The van der Waals surface area contributed by atoms with E-state index in [0.29, 0.717) is 6.04 Å². The van der Waals surface area contributed by atoms with Gasteiger partial charge in [0.2, 0.25) is 0 Å². The average Bonchev–Trinajstić information content (AvgIpc) is 3.13. The zero-order chi connectivity index (χ0) is 13.2. The van der Waals surface area contributed by atoms with Crippen LogP contribution >= 0.6 is 12.6 Å². The summed E-state index contributed by atoms with van der Waals surface area (Å²) in [6.07, 6.45) is 9.37. The van der Waals surface area contributed by atoms with Gasteiger partial charge in [0.15, 0.2) is 0 Å². The lowest BCUT2D eigenvalue weighted by Gasteiger charge is -2.13. The Bertz CT molecular complexity index is 530. The van der Waals surface area contributed by atoms with E-state index in [1.54, 1.807) is 0 Å². The molecule has 0 amide bonds. The number of rotatable bonds is 5. The molecule has 0 heterocycles. The van der Waals surface area contributed by atoms with Crippen molar-refractivity contribution in [2.24, 2.45) is 5.92 Å². The second-order valence-corrected chi connectivity index (χ2v) is 5.87. The van der Waals surface area contributed by atoms with Gasteiger partial charge < -0.3 is 10.6 Å². The quantitative estimate of drug-likeness (QED) is 0.716. The normalized spacial score (nSPS) is 21.6. The van der Waals surface area contributed by atoms with E-state index >= 15 is 0 Å². The summed E-state index contributed by atoms with van der Waals surface area (Å²) in [5.41, 5.74) is 3.74. The van der Waals surface area contributed by atoms with Gasteiger partial charge in [0.1, 0.15) is 0 Å². The van der Waals surface area contributed by atoms with Gasteiger partial charge in [0.05, 0.1) is 0 Å². The topological polar surface area (TPSA) is 24.1 Å². The predicted octanol–water partition coefficient (Wildman–Crippen LogP) is 3.34. The van der Waals surface area contributed by atoms with Crippen LogP contribution in [0.1, 0.15) is 18.4 Å². The Kier molecular flexibility index (Phi) is 3.67. The monoisotopic (exact) mass is 272 g/mol. The molecule has 0 aliphatic heterocycles. The zero-order valence-corrected chi connectivity index (χ0v) is 12.1. The third-order valence-corrected chi connectivity index (χ3v) is 4.05. The Labute approximate surface area is 120 Å². The lowest BCUT2D eigenvalue weighted by molar-refractivity contribution is 0.799. The number of hydrogen-bond acceptors (Lipinski definition) is 3. The molecule has 1 unspecified atom stereocenters. The Morgan fingerprint density at radius 3 is 2.84 bits per heavy atom. The minimum Gasteiger partial charge on any atom is -0.384 e. The number of hydrogen-bond donors (Lipinski definition) is 3. The van der Waals surface area contributed by atoms with Gasteiger partial charge in [-0.05, 0) is 49.6 Å². The molecule has 2 aliphatic rings. The highest BCUT2D eigenvalue weighted by Gasteiger charge is 2.21. The maximum absolute atomic E-state index is 4.47. The van der Waals surface area contributed by atoms with E-state index in [0.717, 1.165) is 17.4 Å². The molecule has 19 heavy (non-hydrogen) atoms. The van der Waals surface area contributed by atoms with Crippen molar-refractivity contribution < 1.29 is 0 Å². The number of nitrogens with one attached hydrogen (secondary N) is 2. The van der Waals surface area contributed by atoms with Crippen LogP contribution in [0.4, 0.5) is 5.69 Å². The van der Waals surface area contributed by atoms with E-state index < -0.39 is 0 Å². The molecule has 0 radical (unpaired) electrons. The maximum atomic E-state index is 4.47. The summed E-state index contributed by atoms with van der Waals surface area (Å²) in [5, 5.41) is 6.84. The molecule has 0 aromatic heterocycles. The van der Waals surface area contributed by atoms with Crippen LogP contribution in [0.25, 0.3) is 5.57 Å². The first-order chi connectivity index (χ1) is 9.26. The SMILES string of the molecule is CNC1C=CC(c2cc(S)ccc2NCC2CC2)=C1. The molecule has 1 aromatic rings. The molecule has 2 N–H and O–H groups in total. The molecule has 2 aliphatic carbocycles. The first kappa shape index (κ1) is 12.8. The van der Waals surface area contributed by atoms with Crippen LogP contribution in [0.5, 0.6) is 0 Å².